The van der Waals surface area contributed by atoms with E-state index in [1.165, 1.54) is 35.7 Å². The van der Waals surface area contributed by atoms with Gasteiger partial charge in [-0.3, -0.25) is 9.69 Å². The number of anilines is 2. The second kappa shape index (κ2) is 11.5. The number of hydrazone groups is 1. The van der Waals surface area contributed by atoms with Crippen LogP contribution in [0.4, 0.5) is 20.7 Å². The van der Waals surface area contributed by atoms with Crippen LogP contribution in [0, 0.1) is 5.82 Å². The first kappa shape index (κ1) is 25.6. The predicted molar refractivity (Wildman–Crippen MR) is 135 cm³/mol. The molecule has 2 aliphatic rings. The third kappa shape index (κ3) is 6.04. The van der Waals surface area contributed by atoms with Crippen LogP contribution in [-0.2, 0) is 19.0 Å². The molecule has 2 amide bonds. The summed E-state index contributed by atoms with van der Waals surface area (Å²) in [5.74, 6) is 0.207. The summed E-state index contributed by atoms with van der Waals surface area (Å²) in [5.41, 5.74) is 6.64. The SMILES string of the molecule is C=C(/C=C\OC)OCC1CN(c2ccc(-c3ccc(N4C=NN(C(=O)CN)CC4)nc3)c(F)c2)C(=O)O1. The predicted octanol–water partition coefficient (Wildman–Crippen LogP) is 2.45. The van der Waals surface area contributed by atoms with E-state index in [0.29, 0.717) is 41.5 Å². The summed E-state index contributed by atoms with van der Waals surface area (Å²) in [6.07, 6.45) is 4.92. The molecule has 1 aromatic heterocycles. The van der Waals surface area contributed by atoms with Crippen molar-refractivity contribution in [1.29, 1.82) is 0 Å². The van der Waals surface area contributed by atoms with Gasteiger partial charge in [0.2, 0.25) is 0 Å². The van der Waals surface area contributed by atoms with Gasteiger partial charge in [-0.25, -0.2) is 19.2 Å². The molecule has 4 rings (SSSR count). The van der Waals surface area contributed by atoms with Crippen LogP contribution < -0.4 is 15.5 Å². The number of carbonyl (C=O) groups excluding carboxylic acids is 2. The molecule has 3 heterocycles. The second-order valence-electron chi connectivity index (χ2n) is 8.15. The van der Waals surface area contributed by atoms with Gasteiger partial charge in [0, 0.05) is 29.9 Å². The Morgan fingerprint density at radius 3 is 2.81 bits per heavy atom. The molecule has 1 atom stereocenters. The number of ether oxygens (including phenoxy) is 3. The fraction of sp³-hybridized carbons (Fsp3) is 0.280. The third-order valence-electron chi connectivity index (χ3n) is 5.68. The molecular weight excluding hydrogens is 483 g/mol. The average Bonchev–Trinajstić information content (AvgIpc) is 3.30. The number of halogens is 1. The maximum atomic E-state index is 15.1. The molecular formula is C25H27FN6O5. The molecule has 2 aliphatic heterocycles. The van der Waals surface area contributed by atoms with E-state index >= 15 is 4.39 Å². The molecule has 0 saturated carbocycles. The number of rotatable bonds is 9. The lowest BCUT2D eigenvalue weighted by Gasteiger charge is -2.27. The van der Waals surface area contributed by atoms with Gasteiger partial charge in [0.25, 0.3) is 5.91 Å². The molecule has 11 nitrogen and oxygen atoms in total. The molecule has 0 radical (unpaired) electrons. The summed E-state index contributed by atoms with van der Waals surface area (Å²) in [4.78, 5) is 31.5. The number of hydrogen-bond acceptors (Lipinski definition) is 9. The van der Waals surface area contributed by atoms with E-state index in [-0.39, 0.29) is 25.6 Å². The zero-order valence-electron chi connectivity index (χ0n) is 20.2. The highest BCUT2D eigenvalue weighted by Crippen LogP contribution is 2.29. The summed E-state index contributed by atoms with van der Waals surface area (Å²) in [6, 6.07) is 8.02. The Labute approximate surface area is 213 Å². The van der Waals surface area contributed by atoms with Crippen LogP contribution in [0.2, 0.25) is 0 Å². The first-order chi connectivity index (χ1) is 17.9. The second-order valence-corrected chi connectivity index (χ2v) is 8.15. The lowest BCUT2D eigenvalue weighted by atomic mass is 10.1. The summed E-state index contributed by atoms with van der Waals surface area (Å²) in [7, 11) is 1.50. The maximum absolute atomic E-state index is 15.1. The van der Waals surface area contributed by atoms with Crippen LogP contribution in [0.25, 0.3) is 11.1 Å². The fourth-order valence-corrected chi connectivity index (χ4v) is 3.74. The minimum atomic E-state index is -0.584. The highest BCUT2D eigenvalue weighted by atomic mass is 19.1. The Morgan fingerprint density at radius 1 is 1.32 bits per heavy atom. The maximum Gasteiger partial charge on any atom is 0.414 e. The van der Waals surface area contributed by atoms with Crippen molar-refractivity contribution < 1.29 is 28.2 Å². The van der Waals surface area contributed by atoms with Gasteiger partial charge in [-0.05, 0) is 30.3 Å². The van der Waals surface area contributed by atoms with Gasteiger partial charge < -0.3 is 24.8 Å². The largest absolute Gasteiger partial charge is 0.504 e. The van der Waals surface area contributed by atoms with E-state index in [4.69, 9.17) is 19.9 Å². The van der Waals surface area contributed by atoms with Crippen molar-refractivity contribution in [2.75, 3.05) is 49.7 Å². The van der Waals surface area contributed by atoms with Crippen molar-refractivity contribution in [3.63, 3.8) is 0 Å². The number of benzene rings is 1. The number of amides is 2. The smallest absolute Gasteiger partial charge is 0.414 e. The first-order valence-electron chi connectivity index (χ1n) is 11.5. The summed E-state index contributed by atoms with van der Waals surface area (Å²) < 4.78 is 30.6. The number of methoxy groups -OCH3 is 1. The summed E-state index contributed by atoms with van der Waals surface area (Å²) in [6.45, 7) is 4.82. The van der Waals surface area contributed by atoms with Gasteiger partial charge in [-0.15, -0.1) is 0 Å². The minimum absolute atomic E-state index is 0.105. The van der Waals surface area contributed by atoms with Gasteiger partial charge >= 0.3 is 6.09 Å². The van der Waals surface area contributed by atoms with Gasteiger partial charge in [0.05, 0.1) is 38.7 Å². The monoisotopic (exact) mass is 510 g/mol. The number of aromatic nitrogens is 1. The molecule has 0 bridgehead atoms. The number of nitrogens with two attached hydrogens (primary N) is 1. The van der Waals surface area contributed by atoms with Gasteiger partial charge in [0.15, 0.2) is 6.10 Å². The molecule has 1 unspecified atom stereocenters. The van der Waals surface area contributed by atoms with Crippen molar-refractivity contribution in [3.05, 3.63) is 67.0 Å². The van der Waals surface area contributed by atoms with Crippen molar-refractivity contribution in [2.45, 2.75) is 6.10 Å². The quantitative estimate of drug-likeness (QED) is 0.403. The molecule has 12 heteroatoms. The molecule has 1 saturated heterocycles. The van der Waals surface area contributed by atoms with E-state index in [1.54, 1.807) is 41.4 Å². The van der Waals surface area contributed by atoms with E-state index in [0.717, 1.165) is 0 Å². The van der Waals surface area contributed by atoms with Crippen LogP contribution in [0.3, 0.4) is 0 Å². The van der Waals surface area contributed by atoms with Gasteiger partial charge in [0.1, 0.15) is 30.3 Å². The van der Waals surface area contributed by atoms with E-state index < -0.39 is 18.0 Å². The molecule has 2 aromatic rings. The third-order valence-corrected chi connectivity index (χ3v) is 5.68. The highest BCUT2D eigenvalue weighted by molar-refractivity contribution is 5.90. The standard InChI is InChI=1S/C25H27FN6O5/c1-17(7-10-35-2)36-15-20-14-31(25(34)37-20)19-4-5-21(22(26)11-19)18-3-6-23(28-13-18)30-8-9-32(29-16-30)24(33)12-27/h3-7,10-11,13,16,20H,1,8-9,12,14-15,27H2,2H3/b10-7-. The molecule has 194 valence electrons. The Morgan fingerprint density at radius 2 is 2.16 bits per heavy atom. The van der Waals surface area contributed by atoms with Crippen molar-refractivity contribution in [3.8, 4) is 11.1 Å². The topological polar surface area (TPSA) is 123 Å². The van der Waals surface area contributed by atoms with E-state index in [1.807, 2.05) is 0 Å². The Hall–Kier alpha value is -4.45. The zero-order valence-corrected chi connectivity index (χ0v) is 20.2. The van der Waals surface area contributed by atoms with Crippen LogP contribution in [0.15, 0.2) is 66.3 Å². The number of hydrogen-bond donors (Lipinski definition) is 1. The molecule has 37 heavy (non-hydrogen) atoms. The number of nitrogens with zero attached hydrogens (tertiary/aromatic N) is 5. The van der Waals surface area contributed by atoms with Gasteiger partial charge in [-0.2, -0.15) is 5.10 Å². The Balaban J connectivity index is 1.39. The molecule has 1 aromatic carbocycles. The van der Waals surface area contributed by atoms with Crippen LogP contribution in [-0.4, -0.2) is 74.3 Å². The number of carbonyl (C=O) groups is 2. The lowest BCUT2D eigenvalue weighted by Crippen LogP contribution is -2.43. The fourth-order valence-electron chi connectivity index (χ4n) is 3.74. The zero-order chi connectivity index (χ0) is 26.4. The summed E-state index contributed by atoms with van der Waals surface area (Å²) >= 11 is 0. The molecule has 0 aliphatic carbocycles. The number of allylic oxidation sites excluding steroid dienone is 1. The number of pyridine rings is 1. The number of cyclic esters (lactones) is 1. The van der Waals surface area contributed by atoms with Crippen LogP contribution >= 0.6 is 0 Å². The average molecular weight is 511 g/mol. The van der Waals surface area contributed by atoms with Crippen LogP contribution in [0.5, 0.6) is 0 Å². The molecule has 2 N–H and O–H groups in total. The highest BCUT2D eigenvalue weighted by Gasteiger charge is 2.33. The molecule has 1 fully saturated rings. The van der Waals surface area contributed by atoms with Crippen LogP contribution in [0.1, 0.15) is 0 Å². The van der Waals surface area contributed by atoms with E-state index in [2.05, 4.69) is 16.7 Å². The minimum Gasteiger partial charge on any atom is -0.504 e. The van der Waals surface area contributed by atoms with Crippen molar-refractivity contribution in [1.82, 2.24) is 9.99 Å². The van der Waals surface area contributed by atoms with E-state index in [9.17, 15) is 9.59 Å². The van der Waals surface area contributed by atoms with Gasteiger partial charge in [-0.1, -0.05) is 6.58 Å². The normalized spacial score (nSPS) is 17.3. The van der Waals surface area contributed by atoms with Crippen molar-refractivity contribution in [2.24, 2.45) is 10.8 Å². The Kier molecular flexibility index (Phi) is 7.98. The first-order valence-corrected chi connectivity index (χ1v) is 11.5. The Bertz CT molecular complexity index is 1220. The van der Waals surface area contributed by atoms with Crippen molar-refractivity contribution >= 4 is 29.8 Å². The summed E-state index contributed by atoms with van der Waals surface area (Å²) in [5, 5.41) is 5.40. The lowest BCUT2D eigenvalue weighted by molar-refractivity contribution is -0.129. The molecule has 0 spiro atoms.